The zero-order valence-electron chi connectivity index (χ0n) is 14.2. The molecule has 0 amide bonds. The van der Waals surface area contributed by atoms with Gasteiger partial charge in [-0.2, -0.15) is 5.10 Å². The number of methoxy groups -OCH3 is 1. The predicted octanol–water partition coefficient (Wildman–Crippen LogP) is 3.16. The molecule has 6 nitrogen and oxygen atoms in total. The van der Waals surface area contributed by atoms with Crippen molar-refractivity contribution in [2.45, 2.75) is 19.6 Å². The first-order valence-corrected chi connectivity index (χ1v) is 8.15. The summed E-state index contributed by atoms with van der Waals surface area (Å²) in [4.78, 5) is 4.56. The fourth-order valence-corrected chi connectivity index (χ4v) is 2.88. The minimum atomic E-state index is -0.283. The van der Waals surface area contributed by atoms with Crippen molar-refractivity contribution in [3.05, 3.63) is 65.7 Å². The van der Waals surface area contributed by atoms with Crippen molar-refractivity contribution < 1.29 is 14.2 Å². The van der Waals surface area contributed by atoms with E-state index in [2.05, 4.69) is 10.1 Å². The number of hydrogen-bond donors (Lipinski definition) is 0. The third kappa shape index (κ3) is 3.15. The van der Waals surface area contributed by atoms with Crippen molar-refractivity contribution >= 4 is 0 Å². The molecule has 128 valence electrons. The van der Waals surface area contributed by atoms with Gasteiger partial charge in [0.25, 0.3) is 0 Å². The zero-order chi connectivity index (χ0) is 17.2. The third-order valence-electron chi connectivity index (χ3n) is 4.09. The molecule has 4 rings (SSSR count). The minimum Gasteiger partial charge on any atom is -0.497 e. The number of aromatic nitrogens is 3. The molecule has 0 N–H and O–H groups in total. The van der Waals surface area contributed by atoms with Gasteiger partial charge < -0.3 is 14.2 Å². The van der Waals surface area contributed by atoms with E-state index >= 15 is 0 Å². The fourth-order valence-electron chi connectivity index (χ4n) is 2.88. The van der Waals surface area contributed by atoms with Crippen LogP contribution in [0, 0.1) is 6.92 Å². The molecule has 0 unspecified atom stereocenters. The average Bonchev–Trinajstić information content (AvgIpc) is 3.02. The molecule has 0 radical (unpaired) electrons. The van der Waals surface area contributed by atoms with Crippen molar-refractivity contribution in [3.8, 4) is 17.2 Å². The molecule has 0 bridgehead atoms. The Kier molecular flexibility index (Phi) is 4.01. The number of nitrogens with zero attached hydrogens (tertiary/aromatic N) is 3. The summed E-state index contributed by atoms with van der Waals surface area (Å²) in [7, 11) is 1.66. The van der Waals surface area contributed by atoms with Gasteiger partial charge in [0, 0.05) is 0 Å². The molecule has 1 aliphatic rings. The molecule has 0 spiro atoms. The van der Waals surface area contributed by atoms with Crippen LogP contribution in [0.1, 0.15) is 23.3 Å². The largest absolute Gasteiger partial charge is 0.497 e. The molecule has 0 saturated heterocycles. The maximum Gasteiger partial charge on any atom is 0.192 e. The van der Waals surface area contributed by atoms with E-state index in [1.165, 1.54) is 0 Å². The highest BCUT2D eigenvalue weighted by molar-refractivity contribution is 5.41. The number of para-hydroxylation sites is 2. The summed E-state index contributed by atoms with van der Waals surface area (Å²) in [5.41, 5.74) is 1.11. The quantitative estimate of drug-likeness (QED) is 0.732. The second kappa shape index (κ2) is 6.47. The van der Waals surface area contributed by atoms with Gasteiger partial charge in [-0.3, -0.25) is 0 Å². The number of hydrogen-bond acceptors (Lipinski definition) is 5. The van der Waals surface area contributed by atoms with E-state index in [4.69, 9.17) is 14.2 Å². The summed E-state index contributed by atoms with van der Waals surface area (Å²) in [5.74, 6) is 3.81. The highest BCUT2D eigenvalue weighted by atomic mass is 16.6. The summed E-state index contributed by atoms with van der Waals surface area (Å²) >= 11 is 0. The van der Waals surface area contributed by atoms with Gasteiger partial charge >= 0.3 is 0 Å². The molecule has 1 aromatic heterocycles. The number of aryl methyl sites for hydroxylation is 1. The molecule has 0 aliphatic carbocycles. The molecular formula is C19H19N3O3. The SMILES string of the molecule is COc1ccc(Cn2nc(C)nc2[C@@H]2COc3ccccc3O2)cc1. The monoisotopic (exact) mass is 337 g/mol. The highest BCUT2D eigenvalue weighted by Crippen LogP contribution is 2.35. The van der Waals surface area contributed by atoms with Gasteiger partial charge in [-0.1, -0.05) is 24.3 Å². The Morgan fingerprint density at radius 1 is 1.12 bits per heavy atom. The van der Waals surface area contributed by atoms with Gasteiger partial charge in [-0.15, -0.1) is 0 Å². The van der Waals surface area contributed by atoms with Gasteiger partial charge in [-0.25, -0.2) is 9.67 Å². The number of ether oxygens (including phenoxy) is 3. The van der Waals surface area contributed by atoms with Crippen molar-refractivity contribution in [2.75, 3.05) is 13.7 Å². The third-order valence-corrected chi connectivity index (χ3v) is 4.09. The van der Waals surface area contributed by atoms with Crippen LogP contribution >= 0.6 is 0 Å². The van der Waals surface area contributed by atoms with Crippen molar-refractivity contribution in [1.29, 1.82) is 0 Å². The van der Waals surface area contributed by atoms with Crippen molar-refractivity contribution in [2.24, 2.45) is 0 Å². The van der Waals surface area contributed by atoms with E-state index in [1.54, 1.807) is 7.11 Å². The lowest BCUT2D eigenvalue weighted by Gasteiger charge is -2.26. The molecule has 1 aliphatic heterocycles. The van der Waals surface area contributed by atoms with Crippen LogP contribution in [0.25, 0.3) is 0 Å². The van der Waals surface area contributed by atoms with E-state index in [-0.39, 0.29) is 6.10 Å². The summed E-state index contributed by atoms with van der Waals surface area (Å²) < 4.78 is 19.0. The summed E-state index contributed by atoms with van der Waals surface area (Å²) in [5, 5.41) is 4.52. The first-order valence-electron chi connectivity index (χ1n) is 8.15. The molecular weight excluding hydrogens is 318 g/mol. The molecule has 0 fully saturated rings. The summed E-state index contributed by atoms with van der Waals surface area (Å²) in [6.45, 7) is 2.91. The number of benzene rings is 2. The Bertz CT molecular complexity index is 874. The molecule has 1 atom stereocenters. The number of fused-ring (bicyclic) bond motifs is 1. The second-order valence-corrected chi connectivity index (χ2v) is 5.89. The van der Waals surface area contributed by atoms with Crippen LogP contribution in [0.2, 0.25) is 0 Å². The van der Waals surface area contributed by atoms with E-state index in [9.17, 15) is 0 Å². The lowest BCUT2D eigenvalue weighted by Crippen LogP contribution is -2.25. The maximum atomic E-state index is 6.08. The Balaban J connectivity index is 1.59. The van der Waals surface area contributed by atoms with Gasteiger partial charge in [0.05, 0.1) is 13.7 Å². The Hall–Kier alpha value is -3.02. The van der Waals surface area contributed by atoms with Crippen molar-refractivity contribution in [1.82, 2.24) is 14.8 Å². The number of rotatable bonds is 4. The summed E-state index contributed by atoms with van der Waals surface area (Å²) in [6.07, 6.45) is -0.283. The van der Waals surface area contributed by atoms with E-state index in [0.29, 0.717) is 19.0 Å². The Morgan fingerprint density at radius 2 is 1.88 bits per heavy atom. The van der Waals surface area contributed by atoms with Gasteiger partial charge in [0.15, 0.2) is 23.4 Å². The normalized spacial score (nSPS) is 15.8. The first-order chi connectivity index (χ1) is 12.2. The fraction of sp³-hybridized carbons (Fsp3) is 0.263. The topological polar surface area (TPSA) is 58.4 Å². The van der Waals surface area contributed by atoms with E-state index < -0.39 is 0 Å². The molecule has 3 aromatic rings. The summed E-state index contributed by atoms with van der Waals surface area (Å²) in [6, 6.07) is 15.6. The second-order valence-electron chi connectivity index (χ2n) is 5.89. The van der Waals surface area contributed by atoms with Crippen LogP contribution < -0.4 is 14.2 Å². The lowest BCUT2D eigenvalue weighted by molar-refractivity contribution is 0.0819. The highest BCUT2D eigenvalue weighted by Gasteiger charge is 2.27. The van der Waals surface area contributed by atoms with Crippen LogP contribution in [0.4, 0.5) is 0 Å². The molecule has 2 heterocycles. The lowest BCUT2D eigenvalue weighted by atomic mass is 10.2. The Morgan fingerprint density at radius 3 is 2.64 bits per heavy atom. The predicted molar refractivity (Wildman–Crippen MR) is 92.2 cm³/mol. The van der Waals surface area contributed by atoms with Crippen LogP contribution in [0.5, 0.6) is 17.2 Å². The van der Waals surface area contributed by atoms with Gasteiger partial charge in [0.2, 0.25) is 0 Å². The molecule has 2 aromatic carbocycles. The first kappa shape index (κ1) is 15.5. The van der Waals surface area contributed by atoms with Crippen LogP contribution in [-0.2, 0) is 6.54 Å². The van der Waals surface area contributed by atoms with Crippen molar-refractivity contribution in [3.63, 3.8) is 0 Å². The molecule has 6 heteroatoms. The minimum absolute atomic E-state index is 0.283. The van der Waals surface area contributed by atoms with Crippen LogP contribution in [0.15, 0.2) is 48.5 Å². The standard InChI is InChI=1S/C19H19N3O3/c1-13-20-19(18-12-24-16-5-3-4-6-17(16)25-18)22(21-13)11-14-7-9-15(23-2)10-8-14/h3-10,18H,11-12H2,1-2H3/t18-/m0/s1. The van der Waals surface area contributed by atoms with E-state index in [1.807, 2.05) is 60.1 Å². The van der Waals surface area contributed by atoms with Gasteiger partial charge in [-0.05, 0) is 36.8 Å². The molecule has 0 saturated carbocycles. The maximum absolute atomic E-state index is 6.08. The van der Waals surface area contributed by atoms with Crippen LogP contribution in [0.3, 0.4) is 0 Å². The smallest absolute Gasteiger partial charge is 0.192 e. The average molecular weight is 337 g/mol. The Labute approximate surface area is 146 Å². The van der Waals surface area contributed by atoms with Gasteiger partial charge in [0.1, 0.15) is 18.2 Å². The molecule has 25 heavy (non-hydrogen) atoms. The zero-order valence-corrected chi connectivity index (χ0v) is 14.2. The van der Waals surface area contributed by atoms with E-state index in [0.717, 1.165) is 28.6 Å². The van der Waals surface area contributed by atoms with Crippen LogP contribution in [-0.4, -0.2) is 28.5 Å².